The summed E-state index contributed by atoms with van der Waals surface area (Å²) in [7, 11) is 1.72. The molecule has 1 atom stereocenters. The van der Waals surface area contributed by atoms with Gasteiger partial charge in [0.2, 0.25) is 5.91 Å². The molecule has 3 fully saturated rings. The van der Waals surface area contributed by atoms with Crippen molar-refractivity contribution in [3.8, 4) is 0 Å². The van der Waals surface area contributed by atoms with Crippen molar-refractivity contribution in [1.29, 1.82) is 0 Å². The Balaban J connectivity index is 1.36. The number of rotatable bonds is 5. The summed E-state index contributed by atoms with van der Waals surface area (Å²) in [5, 5.41) is 2.80. The Bertz CT molecular complexity index is 638. The number of ether oxygens (including phenoxy) is 1. The summed E-state index contributed by atoms with van der Waals surface area (Å²) in [6, 6.07) is 8.60. The Morgan fingerprint density at radius 2 is 2.12 bits per heavy atom. The van der Waals surface area contributed by atoms with Crippen LogP contribution >= 0.6 is 0 Å². The van der Waals surface area contributed by atoms with Crippen LogP contribution in [0.2, 0.25) is 0 Å². The molecular weight excluding hydrogens is 314 g/mol. The maximum atomic E-state index is 12.2. The summed E-state index contributed by atoms with van der Waals surface area (Å²) in [6.45, 7) is 7.48. The molecule has 5 heteroatoms. The molecule has 1 aromatic rings. The fraction of sp³-hybridized carbons (Fsp3) is 0.650. The number of carbonyl (C=O) groups is 1. The fourth-order valence-corrected chi connectivity index (χ4v) is 4.26. The Morgan fingerprint density at radius 3 is 2.80 bits per heavy atom. The van der Waals surface area contributed by atoms with Gasteiger partial charge in [0.1, 0.15) is 11.6 Å². The van der Waals surface area contributed by atoms with Crippen molar-refractivity contribution < 1.29 is 9.53 Å². The van der Waals surface area contributed by atoms with Gasteiger partial charge in [0.15, 0.2) is 0 Å². The molecule has 1 amide bonds. The van der Waals surface area contributed by atoms with E-state index in [1.165, 1.54) is 24.0 Å². The van der Waals surface area contributed by atoms with Crippen molar-refractivity contribution in [3.63, 3.8) is 0 Å². The van der Waals surface area contributed by atoms with Crippen molar-refractivity contribution in [2.45, 2.75) is 38.0 Å². The van der Waals surface area contributed by atoms with Gasteiger partial charge in [-0.3, -0.25) is 14.6 Å². The average Bonchev–Trinajstić information content (AvgIpc) is 3.37. The van der Waals surface area contributed by atoms with Crippen LogP contribution in [0.25, 0.3) is 0 Å². The van der Waals surface area contributed by atoms with Crippen molar-refractivity contribution in [2.24, 2.45) is 5.92 Å². The van der Waals surface area contributed by atoms with Crippen LogP contribution in [0.5, 0.6) is 0 Å². The molecule has 2 aliphatic heterocycles. The highest BCUT2D eigenvalue weighted by Gasteiger charge is 2.50. The number of carbonyl (C=O) groups excluding carboxylic acids is 1. The molecule has 25 heavy (non-hydrogen) atoms. The molecule has 4 rings (SSSR count). The molecule has 136 valence electrons. The van der Waals surface area contributed by atoms with Crippen LogP contribution in [0.3, 0.4) is 0 Å². The topological polar surface area (TPSA) is 44.8 Å². The number of hydrogen-bond donors (Lipinski definition) is 1. The summed E-state index contributed by atoms with van der Waals surface area (Å²) in [5.41, 5.74) is 2.60. The zero-order valence-electron chi connectivity index (χ0n) is 15.3. The number of nitrogens with zero attached hydrogens (tertiary/aromatic N) is 2. The SMILES string of the molecule is CNC(=O)C1COC2(CN(Cc3cccc(C)c3)C2)CN1CC1CC1. The monoisotopic (exact) mass is 343 g/mol. The molecule has 1 aromatic carbocycles. The molecule has 5 nitrogen and oxygen atoms in total. The van der Waals surface area contributed by atoms with E-state index in [9.17, 15) is 4.79 Å². The van der Waals surface area contributed by atoms with Crippen molar-refractivity contribution in [1.82, 2.24) is 15.1 Å². The number of morpholine rings is 1. The lowest BCUT2D eigenvalue weighted by Gasteiger charge is -2.55. The minimum absolute atomic E-state index is 0.0801. The van der Waals surface area contributed by atoms with Gasteiger partial charge in [0.25, 0.3) is 0 Å². The quantitative estimate of drug-likeness (QED) is 0.878. The highest BCUT2D eigenvalue weighted by atomic mass is 16.5. The number of amides is 1. The Hall–Kier alpha value is -1.43. The van der Waals surface area contributed by atoms with Crippen molar-refractivity contribution in [3.05, 3.63) is 35.4 Å². The molecule has 3 aliphatic rings. The first-order valence-electron chi connectivity index (χ1n) is 9.44. The van der Waals surface area contributed by atoms with E-state index in [0.29, 0.717) is 6.61 Å². The minimum atomic E-state index is -0.123. The summed E-state index contributed by atoms with van der Waals surface area (Å²) in [4.78, 5) is 17.0. The molecule has 1 N–H and O–H groups in total. The summed E-state index contributed by atoms with van der Waals surface area (Å²) >= 11 is 0. The first-order valence-corrected chi connectivity index (χ1v) is 9.44. The van der Waals surface area contributed by atoms with E-state index in [0.717, 1.165) is 38.6 Å². The second-order valence-corrected chi connectivity index (χ2v) is 8.13. The molecule has 0 bridgehead atoms. The van der Waals surface area contributed by atoms with E-state index in [1.807, 2.05) is 0 Å². The van der Waals surface area contributed by atoms with Crippen LogP contribution in [0, 0.1) is 12.8 Å². The molecule has 1 unspecified atom stereocenters. The van der Waals surface area contributed by atoms with Crippen LogP contribution in [0.4, 0.5) is 0 Å². The van der Waals surface area contributed by atoms with Crippen LogP contribution in [0.1, 0.15) is 24.0 Å². The first kappa shape index (κ1) is 17.0. The summed E-state index contributed by atoms with van der Waals surface area (Å²) < 4.78 is 6.22. The largest absolute Gasteiger partial charge is 0.369 e. The second kappa shape index (κ2) is 6.71. The lowest BCUT2D eigenvalue weighted by atomic mass is 9.89. The number of aryl methyl sites for hydroxylation is 1. The summed E-state index contributed by atoms with van der Waals surface area (Å²) in [5.74, 6) is 0.872. The second-order valence-electron chi connectivity index (χ2n) is 8.13. The molecule has 0 aromatic heterocycles. The average molecular weight is 343 g/mol. The Kier molecular flexibility index (Phi) is 4.56. The van der Waals surface area contributed by atoms with Crippen molar-refractivity contribution >= 4 is 5.91 Å². The van der Waals surface area contributed by atoms with E-state index < -0.39 is 0 Å². The first-order chi connectivity index (χ1) is 12.1. The minimum Gasteiger partial charge on any atom is -0.369 e. The van der Waals surface area contributed by atoms with Gasteiger partial charge in [0.05, 0.1) is 6.61 Å². The van der Waals surface area contributed by atoms with Crippen LogP contribution in [-0.4, -0.2) is 67.2 Å². The highest BCUT2D eigenvalue weighted by molar-refractivity contribution is 5.81. The molecule has 1 saturated carbocycles. The fourth-order valence-electron chi connectivity index (χ4n) is 4.26. The third-order valence-electron chi connectivity index (χ3n) is 5.73. The lowest BCUT2D eigenvalue weighted by molar-refractivity contribution is -0.203. The number of benzene rings is 1. The molecular formula is C20H29N3O2. The summed E-state index contributed by atoms with van der Waals surface area (Å²) in [6.07, 6.45) is 2.62. The van der Waals surface area contributed by atoms with E-state index >= 15 is 0 Å². The van der Waals surface area contributed by atoms with Gasteiger partial charge in [-0.25, -0.2) is 0 Å². The third kappa shape index (κ3) is 3.73. The van der Waals surface area contributed by atoms with Gasteiger partial charge in [0, 0.05) is 39.8 Å². The Labute approximate surface area is 150 Å². The number of likely N-dealkylation sites (N-methyl/N-ethyl adjacent to an activating group) is 1. The van der Waals surface area contributed by atoms with Crippen LogP contribution < -0.4 is 5.32 Å². The van der Waals surface area contributed by atoms with Gasteiger partial charge in [-0.15, -0.1) is 0 Å². The van der Waals surface area contributed by atoms with E-state index in [4.69, 9.17) is 4.74 Å². The number of nitrogens with one attached hydrogen (secondary N) is 1. The Morgan fingerprint density at radius 1 is 1.32 bits per heavy atom. The molecule has 1 spiro atoms. The van der Waals surface area contributed by atoms with Crippen LogP contribution in [-0.2, 0) is 16.1 Å². The lowest BCUT2D eigenvalue weighted by Crippen LogP contribution is -2.72. The van der Waals surface area contributed by atoms with Gasteiger partial charge in [-0.05, 0) is 31.2 Å². The predicted octanol–water partition coefficient (Wildman–Crippen LogP) is 1.41. The highest BCUT2D eigenvalue weighted by Crippen LogP contribution is 2.36. The van der Waals surface area contributed by atoms with Gasteiger partial charge >= 0.3 is 0 Å². The zero-order valence-corrected chi connectivity index (χ0v) is 15.3. The molecule has 0 radical (unpaired) electrons. The maximum absolute atomic E-state index is 12.2. The zero-order chi connectivity index (χ0) is 17.4. The molecule has 1 aliphatic carbocycles. The van der Waals surface area contributed by atoms with E-state index in [1.54, 1.807) is 7.05 Å². The van der Waals surface area contributed by atoms with Gasteiger partial charge in [-0.1, -0.05) is 29.8 Å². The van der Waals surface area contributed by atoms with E-state index in [2.05, 4.69) is 46.3 Å². The number of likely N-dealkylation sites (tertiary alicyclic amines) is 1. The predicted molar refractivity (Wildman–Crippen MR) is 97.3 cm³/mol. The smallest absolute Gasteiger partial charge is 0.239 e. The van der Waals surface area contributed by atoms with Crippen LogP contribution in [0.15, 0.2) is 24.3 Å². The molecule has 2 heterocycles. The maximum Gasteiger partial charge on any atom is 0.239 e. The van der Waals surface area contributed by atoms with Gasteiger partial charge < -0.3 is 10.1 Å². The molecule has 2 saturated heterocycles. The standard InChI is InChI=1S/C20H29N3O2/c1-15-4-3-5-17(8-15)9-22-12-20(13-22)14-23(10-16-6-7-16)18(11-25-20)19(24)21-2/h3-5,8,16,18H,6-7,9-14H2,1-2H3,(H,21,24). The van der Waals surface area contributed by atoms with Gasteiger partial charge in [-0.2, -0.15) is 0 Å². The van der Waals surface area contributed by atoms with Crippen molar-refractivity contribution in [2.75, 3.05) is 39.8 Å². The normalized spacial score (nSPS) is 26.4. The van der Waals surface area contributed by atoms with E-state index in [-0.39, 0.29) is 17.6 Å². The third-order valence-corrected chi connectivity index (χ3v) is 5.73. The number of hydrogen-bond acceptors (Lipinski definition) is 4.